The van der Waals surface area contributed by atoms with Gasteiger partial charge in [-0.05, 0) is 23.8 Å². The van der Waals surface area contributed by atoms with Gasteiger partial charge >= 0.3 is 0 Å². The number of aromatic nitrogens is 2. The van der Waals surface area contributed by atoms with Gasteiger partial charge < -0.3 is 4.98 Å². The van der Waals surface area contributed by atoms with Crippen LogP contribution in [0.15, 0.2) is 35.4 Å². The van der Waals surface area contributed by atoms with E-state index in [1.807, 2.05) is 0 Å². The number of benzene rings is 1. The molecular weight excluding hydrogens is 192 g/mol. The summed E-state index contributed by atoms with van der Waals surface area (Å²) < 4.78 is 0. The lowest BCUT2D eigenvalue weighted by Gasteiger charge is -1.96. The van der Waals surface area contributed by atoms with E-state index >= 15 is 0 Å². The first-order valence-corrected chi connectivity index (χ1v) is 4.40. The van der Waals surface area contributed by atoms with Gasteiger partial charge in [0.05, 0.1) is 17.2 Å². The molecule has 2 aromatic rings. The van der Waals surface area contributed by atoms with Crippen molar-refractivity contribution in [3.05, 3.63) is 46.5 Å². The third kappa shape index (κ3) is 1.83. The van der Waals surface area contributed by atoms with Crippen LogP contribution in [0.3, 0.4) is 0 Å². The van der Waals surface area contributed by atoms with Gasteiger partial charge in [-0.25, -0.2) is 4.98 Å². The second-order valence-corrected chi connectivity index (χ2v) is 3.00. The molecule has 74 valence electrons. The minimum atomic E-state index is -0.179. The summed E-state index contributed by atoms with van der Waals surface area (Å²) in [5, 5.41) is 0.519. The van der Waals surface area contributed by atoms with Gasteiger partial charge in [0.2, 0.25) is 0 Å². The molecule has 0 fully saturated rings. The Morgan fingerprint density at radius 3 is 3.00 bits per heavy atom. The average Bonchev–Trinajstić information content (AvgIpc) is 2.27. The SMILES string of the molecule is O=CC=Cc1ccc2nc[nH]c(=O)c2c1. The first kappa shape index (κ1) is 9.33. The molecule has 0 saturated carbocycles. The van der Waals surface area contributed by atoms with E-state index in [1.54, 1.807) is 24.3 Å². The van der Waals surface area contributed by atoms with Gasteiger partial charge in [-0.1, -0.05) is 12.1 Å². The highest BCUT2D eigenvalue weighted by Crippen LogP contribution is 2.10. The standard InChI is InChI=1S/C11H8N2O2/c14-5-1-2-8-3-4-10-9(6-8)11(15)13-7-12-10/h1-7H,(H,12,13,15). The maximum atomic E-state index is 11.4. The molecule has 0 radical (unpaired) electrons. The number of fused-ring (bicyclic) bond motifs is 1. The van der Waals surface area contributed by atoms with Crippen LogP contribution in [0.4, 0.5) is 0 Å². The van der Waals surface area contributed by atoms with Gasteiger partial charge in [-0.3, -0.25) is 9.59 Å². The maximum absolute atomic E-state index is 11.4. The number of carbonyl (C=O) groups excluding carboxylic acids is 1. The number of aldehydes is 1. The highest BCUT2D eigenvalue weighted by molar-refractivity contribution is 5.82. The summed E-state index contributed by atoms with van der Waals surface area (Å²) in [6, 6.07) is 5.24. The third-order valence-electron chi connectivity index (χ3n) is 2.03. The molecule has 1 aromatic heterocycles. The minimum absolute atomic E-state index is 0.179. The first-order valence-electron chi connectivity index (χ1n) is 4.40. The largest absolute Gasteiger partial charge is 0.313 e. The van der Waals surface area contributed by atoms with Gasteiger partial charge in [0.1, 0.15) is 6.29 Å². The van der Waals surface area contributed by atoms with Crippen molar-refractivity contribution in [1.82, 2.24) is 9.97 Å². The topological polar surface area (TPSA) is 62.8 Å². The summed E-state index contributed by atoms with van der Waals surface area (Å²) >= 11 is 0. The number of allylic oxidation sites excluding steroid dienone is 1. The van der Waals surface area contributed by atoms with Gasteiger partial charge in [-0.2, -0.15) is 0 Å². The Kier molecular flexibility index (Phi) is 2.41. The number of rotatable bonds is 2. The number of carbonyl (C=O) groups is 1. The van der Waals surface area contributed by atoms with Crippen LogP contribution in [0.25, 0.3) is 17.0 Å². The number of hydrogen-bond donors (Lipinski definition) is 1. The first-order chi connectivity index (χ1) is 7.31. The fourth-order valence-electron chi connectivity index (χ4n) is 1.34. The van der Waals surface area contributed by atoms with E-state index in [0.29, 0.717) is 17.2 Å². The highest BCUT2D eigenvalue weighted by atomic mass is 16.1. The number of hydrogen-bond acceptors (Lipinski definition) is 3. The molecule has 15 heavy (non-hydrogen) atoms. The van der Waals surface area contributed by atoms with Crippen LogP contribution in [-0.2, 0) is 4.79 Å². The van der Waals surface area contributed by atoms with E-state index in [2.05, 4.69) is 9.97 Å². The van der Waals surface area contributed by atoms with Crippen LogP contribution in [0.5, 0.6) is 0 Å². The van der Waals surface area contributed by atoms with Gasteiger partial charge in [0, 0.05) is 0 Å². The van der Waals surface area contributed by atoms with Crippen LogP contribution in [0.2, 0.25) is 0 Å². The van der Waals surface area contributed by atoms with Gasteiger partial charge in [0.25, 0.3) is 5.56 Å². The van der Waals surface area contributed by atoms with Crippen molar-refractivity contribution in [3.8, 4) is 0 Å². The lowest BCUT2D eigenvalue weighted by Crippen LogP contribution is -2.05. The Labute approximate surface area is 85.3 Å². The fourth-order valence-corrected chi connectivity index (χ4v) is 1.34. The Hall–Kier alpha value is -2.23. The molecule has 1 N–H and O–H groups in total. The zero-order valence-corrected chi connectivity index (χ0v) is 7.81. The molecule has 2 rings (SSSR count). The average molecular weight is 200 g/mol. The maximum Gasteiger partial charge on any atom is 0.258 e. The molecule has 0 atom stereocenters. The normalized spacial score (nSPS) is 10.9. The lowest BCUT2D eigenvalue weighted by molar-refractivity contribution is -0.104. The molecule has 0 spiro atoms. The van der Waals surface area contributed by atoms with Crippen molar-refractivity contribution in [3.63, 3.8) is 0 Å². The van der Waals surface area contributed by atoms with Crippen LogP contribution in [0, 0.1) is 0 Å². The Balaban J connectivity index is 2.64. The Morgan fingerprint density at radius 2 is 2.20 bits per heavy atom. The monoisotopic (exact) mass is 200 g/mol. The number of aromatic amines is 1. The molecule has 0 saturated heterocycles. The molecular formula is C11H8N2O2. The number of nitrogens with one attached hydrogen (secondary N) is 1. The van der Waals surface area contributed by atoms with Crippen molar-refractivity contribution < 1.29 is 4.79 Å². The van der Waals surface area contributed by atoms with Crippen molar-refractivity contribution in [2.24, 2.45) is 0 Å². The van der Waals surface area contributed by atoms with E-state index in [9.17, 15) is 9.59 Å². The summed E-state index contributed by atoms with van der Waals surface area (Å²) in [6.07, 6.45) is 5.08. The van der Waals surface area contributed by atoms with E-state index in [1.165, 1.54) is 12.4 Å². The number of H-pyrrole nitrogens is 1. The molecule has 0 amide bonds. The molecule has 0 unspecified atom stereocenters. The third-order valence-corrected chi connectivity index (χ3v) is 2.03. The fraction of sp³-hybridized carbons (Fsp3) is 0. The Morgan fingerprint density at radius 1 is 1.33 bits per heavy atom. The summed E-state index contributed by atoms with van der Waals surface area (Å²) in [4.78, 5) is 28.1. The van der Waals surface area contributed by atoms with Crippen LogP contribution in [0.1, 0.15) is 5.56 Å². The number of nitrogens with zero attached hydrogens (tertiary/aromatic N) is 1. The van der Waals surface area contributed by atoms with Crippen LogP contribution in [-0.4, -0.2) is 16.3 Å². The molecule has 0 aliphatic heterocycles. The van der Waals surface area contributed by atoms with Crippen molar-refractivity contribution in [1.29, 1.82) is 0 Å². The predicted molar refractivity (Wildman–Crippen MR) is 57.5 cm³/mol. The Bertz CT molecular complexity index is 584. The summed E-state index contributed by atoms with van der Waals surface area (Å²) in [6.45, 7) is 0. The lowest BCUT2D eigenvalue weighted by atomic mass is 10.1. The van der Waals surface area contributed by atoms with E-state index < -0.39 is 0 Å². The van der Waals surface area contributed by atoms with E-state index in [-0.39, 0.29) is 5.56 Å². The molecule has 0 bridgehead atoms. The van der Waals surface area contributed by atoms with Crippen molar-refractivity contribution in [2.45, 2.75) is 0 Å². The van der Waals surface area contributed by atoms with E-state index in [4.69, 9.17) is 0 Å². The van der Waals surface area contributed by atoms with Crippen molar-refractivity contribution in [2.75, 3.05) is 0 Å². The summed E-state index contributed by atoms with van der Waals surface area (Å²) in [7, 11) is 0. The predicted octanol–water partition coefficient (Wildman–Crippen LogP) is 1.14. The second kappa shape index (κ2) is 3.88. The second-order valence-electron chi connectivity index (χ2n) is 3.00. The smallest absolute Gasteiger partial charge is 0.258 e. The molecule has 1 heterocycles. The summed E-state index contributed by atoms with van der Waals surface area (Å²) in [5.74, 6) is 0. The molecule has 4 heteroatoms. The van der Waals surface area contributed by atoms with Crippen LogP contribution < -0.4 is 5.56 Å². The van der Waals surface area contributed by atoms with Crippen LogP contribution >= 0.6 is 0 Å². The molecule has 1 aromatic carbocycles. The van der Waals surface area contributed by atoms with Crippen molar-refractivity contribution >= 4 is 23.3 Å². The molecule has 4 nitrogen and oxygen atoms in total. The summed E-state index contributed by atoms with van der Waals surface area (Å²) in [5.41, 5.74) is 1.26. The van der Waals surface area contributed by atoms with E-state index in [0.717, 1.165) is 5.56 Å². The minimum Gasteiger partial charge on any atom is -0.313 e. The quantitative estimate of drug-likeness (QED) is 0.584. The zero-order valence-electron chi connectivity index (χ0n) is 7.81. The van der Waals surface area contributed by atoms with Gasteiger partial charge in [0.15, 0.2) is 0 Å². The van der Waals surface area contributed by atoms with Gasteiger partial charge in [-0.15, -0.1) is 0 Å². The zero-order chi connectivity index (χ0) is 10.7. The highest BCUT2D eigenvalue weighted by Gasteiger charge is 1.98. The molecule has 0 aliphatic rings. The molecule has 0 aliphatic carbocycles.